The summed E-state index contributed by atoms with van der Waals surface area (Å²) in [5, 5.41) is 0. The molecule has 8 nitrogen and oxygen atoms in total. The van der Waals surface area contributed by atoms with E-state index in [2.05, 4.69) is 0 Å². The van der Waals surface area contributed by atoms with Gasteiger partial charge in [0.2, 0.25) is 0 Å². The molecule has 20 heavy (non-hydrogen) atoms. The molecule has 0 amide bonds. The molecule has 1 aliphatic rings. The minimum absolute atomic E-state index is 0. The third-order valence-corrected chi connectivity index (χ3v) is 4.19. The summed E-state index contributed by atoms with van der Waals surface area (Å²) in [6.07, 6.45) is 0. The summed E-state index contributed by atoms with van der Waals surface area (Å²) < 4.78 is 59.5. The summed E-state index contributed by atoms with van der Waals surface area (Å²) in [4.78, 5) is 3.77. The van der Waals surface area contributed by atoms with E-state index >= 15 is 0 Å². The number of nitrogens with zero attached hydrogens (tertiary/aromatic N) is 2. The molecule has 1 aliphatic heterocycles. The van der Waals surface area contributed by atoms with Crippen LogP contribution in [0.15, 0.2) is 0 Å². The van der Waals surface area contributed by atoms with Crippen molar-refractivity contribution in [2.45, 2.75) is 0 Å². The van der Waals surface area contributed by atoms with Crippen LogP contribution >= 0.6 is 0 Å². The van der Waals surface area contributed by atoms with E-state index < -0.39 is 20.2 Å². The van der Waals surface area contributed by atoms with Gasteiger partial charge in [0, 0.05) is 39.3 Å². The predicted octanol–water partition coefficient (Wildman–Crippen LogP) is -7.39. The molecule has 2 N–H and O–H groups in total. The molecule has 0 atom stereocenters. The van der Waals surface area contributed by atoms with E-state index in [4.69, 9.17) is 9.11 Å². The zero-order valence-electron chi connectivity index (χ0n) is 13.9. The third kappa shape index (κ3) is 13.5. The molecule has 0 aromatic rings. The second-order valence-corrected chi connectivity index (χ2v) is 7.40. The van der Waals surface area contributed by atoms with Crippen LogP contribution in [0.25, 0.3) is 0 Å². The van der Waals surface area contributed by atoms with Crippen LogP contribution in [0.2, 0.25) is 0 Å². The monoisotopic (exact) mass is 382 g/mol. The molecule has 1 fully saturated rings. The Morgan fingerprint density at radius 2 is 1.00 bits per heavy atom. The molecular weight excluding hydrogens is 362 g/mol. The van der Waals surface area contributed by atoms with Crippen molar-refractivity contribution in [1.82, 2.24) is 9.80 Å². The van der Waals surface area contributed by atoms with Crippen LogP contribution in [0.3, 0.4) is 0 Å². The van der Waals surface area contributed by atoms with Crippen molar-refractivity contribution in [3.63, 3.8) is 0 Å². The Bertz CT molecular complexity index is 427. The van der Waals surface area contributed by atoms with Crippen molar-refractivity contribution >= 4 is 20.2 Å². The third-order valence-electron chi connectivity index (χ3n) is 2.80. The standard InChI is InChI=1S/C8H18N2O6S2.2K.2H/c11-17(12,13)7-5-9-1-2-10(4-3-9)6-8-18(14,15)16;;;;/h1-8H2,(H,11,12,13)(H,14,15,16);;;;/q;2*+1;2*-1. The predicted molar refractivity (Wildman–Crippen MR) is 67.9 cm³/mol. The number of rotatable bonds is 6. The molecule has 12 heteroatoms. The van der Waals surface area contributed by atoms with Gasteiger partial charge in [0.15, 0.2) is 0 Å². The van der Waals surface area contributed by atoms with Crippen molar-refractivity contribution in [2.75, 3.05) is 50.8 Å². The SMILES string of the molecule is O=S(=O)(O)CCN1CCN(CCS(=O)(=O)O)CC1.[H-].[H-].[K+].[K+]. The summed E-state index contributed by atoms with van der Waals surface area (Å²) in [5.41, 5.74) is 0. The Labute approximate surface area is 208 Å². The van der Waals surface area contributed by atoms with Crippen LogP contribution in [0, 0.1) is 0 Å². The van der Waals surface area contributed by atoms with E-state index in [0.29, 0.717) is 26.2 Å². The second-order valence-electron chi connectivity index (χ2n) is 4.26. The summed E-state index contributed by atoms with van der Waals surface area (Å²) in [6, 6.07) is 0. The molecule has 0 aromatic heterocycles. The fourth-order valence-electron chi connectivity index (χ4n) is 1.73. The number of hydrogen-bond acceptors (Lipinski definition) is 6. The molecule has 0 radical (unpaired) electrons. The van der Waals surface area contributed by atoms with Crippen molar-refractivity contribution < 1.29 is 132 Å². The summed E-state index contributed by atoms with van der Waals surface area (Å²) in [5.74, 6) is -0.587. The van der Waals surface area contributed by atoms with Crippen LogP contribution in [0.1, 0.15) is 2.85 Å². The van der Waals surface area contributed by atoms with Gasteiger partial charge in [0.25, 0.3) is 20.2 Å². The molecule has 1 saturated heterocycles. The van der Waals surface area contributed by atoms with E-state index in [-0.39, 0.29) is 130 Å². The molecule has 0 spiro atoms. The van der Waals surface area contributed by atoms with Crippen LogP contribution in [0.4, 0.5) is 0 Å². The van der Waals surface area contributed by atoms with Crippen molar-refractivity contribution in [1.29, 1.82) is 0 Å². The maximum Gasteiger partial charge on any atom is 1.00 e. The first-order valence-corrected chi connectivity index (χ1v) is 8.72. The Kier molecular flexibility index (Phi) is 14.6. The molecule has 0 unspecified atom stereocenters. The van der Waals surface area contributed by atoms with E-state index in [1.807, 2.05) is 9.80 Å². The van der Waals surface area contributed by atoms with Crippen LogP contribution in [-0.2, 0) is 20.2 Å². The van der Waals surface area contributed by atoms with Crippen LogP contribution < -0.4 is 103 Å². The van der Waals surface area contributed by atoms with Gasteiger partial charge in [0.1, 0.15) is 0 Å². The minimum Gasteiger partial charge on any atom is -1.00 e. The molecule has 112 valence electrons. The van der Waals surface area contributed by atoms with Gasteiger partial charge in [-0.2, -0.15) is 16.8 Å². The van der Waals surface area contributed by atoms with Gasteiger partial charge in [-0.25, -0.2) is 0 Å². The van der Waals surface area contributed by atoms with E-state index in [0.717, 1.165) is 0 Å². The molecule has 1 heterocycles. The topological polar surface area (TPSA) is 115 Å². The minimum atomic E-state index is -3.93. The van der Waals surface area contributed by atoms with E-state index in [1.54, 1.807) is 0 Å². The average Bonchev–Trinajstić information content (AvgIpc) is 2.23. The molecule has 0 bridgehead atoms. The van der Waals surface area contributed by atoms with Gasteiger partial charge in [-0.15, -0.1) is 0 Å². The van der Waals surface area contributed by atoms with Gasteiger partial charge >= 0.3 is 103 Å². The maximum absolute atomic E-state index is 10.6. The zero-order valence-corrected chi connectivity index (χ0v) is 19.8. The first kappa shape index (κ1) is 25.3. The van der Waals surface area contributed by atoms with Crippen molar-refractivity contribution in [3.05, 3.63) is 0 Å². The van der Waals surface area contributed by atoms with Crippen LogP contribution in [0.5, 0.6) is 0 Å². The Morgan fingerprint density at radius 1 is 0.750 bits per heavy atom. The number of hydrogen-bond donors (Lipinski definition) is 2. The molecule has 0 saturated carbocycles. The smallest absolute Gasteiger partial charge is 1.00 e. The second kappa shape index (κ2) is 11.5. The van der Waals surface area contributed by atoms with Gasteiger partial charge in [-0.3, -0.25) is 18.9 Å². The van der Waals surface area contributed by atoms with Gasteiger partial charge in [-0.1, -0.05) is 0 Å². The summed E-state index contributed by atoms with van der Waals surface area (Å²) in [7, 11) is -7.87. The first-order chi connectivity index (χ1) is 8.16. The Morgan fingerprint density at radius 3 is 1.20 bits per heavy atom. The van der Waals surface area contributed by atoms with E-state index in [9.17, 15) is 16.8 Å². The average molecular weight is 383 g/mol. The fourth-order valence-corrected chi connectivity index (χ4v) is 2.70. The maximum atomic E-state index is 10.6. The fraction of sp³-hybridized carbons (Fsp3) is 1.00. The Balaban J connectivity index is -0.000000405. The molecule has 1 rings (SSSR count). The van der Waals surface area contributed by atoms with Crippen molar-refractivity contribution in [2.24, 2.45) is 0 Å². The van der Waals surface area contributed by atoms with E-state index in [1.165, 1.54) is 0 Å². The summed E-state index contributed by atoms with van der Waals surface area (Å²) in [6.45, 7) is 2.99. The van der Waals surface area contributed by atoms with Gasteiger partial charge < -0.3 is 2.85 Å². The quantitative estimate of drug-likeness (QED) is 0.344. The normalized spacial score (nSPS) is 18.1. The largest absolute Gasteiger partial charge is 1.00 e. The first-order valence-electron chi connectivity index (χ1n) is 5.51. The molecular formula is C8H20K2N2O6S2. The number of piperazine rings is 1. The van der Waals surface area contributed by atoms with Gasteiger partial charge in [-0.05, 0) is 0 Å². The Hall–Kier alpha value is 3.01. The zero-order chi connectivity index (χ0) is 13.8. The van der Waals surface area contributed by atoms with Gasteiger partial charge in [0.05, 0.1) is 11.5 Å². The molecule has 0 aliphatic carbocycles. The molecule has 0 aromatic carbocycles. The summed E-state index contributed by atoms with van der Waals surface area (Å²) >= 11 is 0. The van der Waals surface area contributed by atoms with Crippen molar-refractivity contribution in [3.8, 4) is 0 Å². The van der Waals surface area contributed by atoms with Crippen LogP contribution in [-0.4, -0.2) is 86.5 Å².